The van der Waals surface area contributed by atoms with Gasteiger partial charge in [0.15, 0.2) is 0 Å². The molecule has 1 aromatic carbocycles. The Kier molecular flexibility index (Phi) is 1.92. The molecule has 3 nitrogen and oxygen atoms in total. The van der Waals surface area contributed by atoms with Crippen molar-refractivity contribution in [3.63, 3.8) is 0 Å². The smallest absolute Gasteiger partial charge is 0.134 e. The Hall–Kier alpha value is -1.48. The molecule has 0 saturated carbocycles. The van der Waals surface area contributed by atoms with Crippen LogP contribution in [-0.4, -0.2) is 18.3 Å². The largest absolute Gasteiger partial charge is 0.493 e. The Labute approximate surface area is 87.3 Å². The van der Waals surface area contributed by atoms with Gasteiger partial charge < -0.3 is 14.3 Å². The third kappa shape index (κ3) is 1.23. The molecule has 2 heterocycles. The van der Waals surface area contributed by atoms with Gasteiger partial charge in [0.2, 0.25) is 0 Å². The fourth-order valence-corrected chi connectivity index (χ4v) is 2.20. The Morgan fingerprint density at radius 3 is 3.13 bits per heavy atom. The van der Waals surface area contributed by atoms with Crippen molar-refractivity contribution >= 4 is 11.0 Å². The number of fused-ring (bicyclic) bond motifs is 3. The summed E-state index contributed by atoms with van der Waals surface area (Å²) < 4.78 is 11.0. The van der Waals surface area contributed by atoms with Crippen molar-refractivity contribution < 1.29 is 14.3 Å². The van der Waals surface area contributed by atoms with Crippen molar-refractivity contribution in [2.75, 3.05) is 13.2 Å². The number of hydrogen-bond donors (Lipinski definition) is 1. The zero-order valence-corrected chi connectivity index (χ0v) is 8.32. The molecule has 78 valence electrons. The first-order valence-corrected chi connectivity index (χ1v) is 5.16. The van der Waals surface area contributed by atoms with Crippen LogP contribution < -0.4 is 4.74 Å². The second-order valence-electron chi connectivity index (χ2n) is 3.75. The molecule has 0 aliphatic carbocycles. The molecular formula is C12H12O3. The second-order valence-corrected chi connectivity index (χ2v) is 3.75. The molecule has 3 heteroatoms. The Balaban J connectivity index is 2.26. The third-order valence-electron chi connectivity index (χ3n) is 2.87. The lowest BCUT2D eigenvalue weighted by molar-refractivity contribution is 0.299. The molecule has 0 amide bonds. The van der Waals surface area contributed by atoms with E-state index >= 15 is 0 Å². The second kappa shape index (κ2) is 3.28. The summed E-state index contributed by atoms with van der Waals surface area (Å²) >= 11 is 0. The van der Waals surface area contributed by atoms with Crippen molar-refractivity contribution in [2.45, 2.75) is 12.8 Å². The lowest BCUT2D eigenvalue weighted by Gasteiger charge is -2.00. The van der Waals surface area contributed by atoms with Crippen molar-refractivity contribution in [3.05, 3.63) is 29.5 Å². The molecule has 0 bridgehead atoms. The SMILES string of the molecule is OCCc1coc2ccc3c(c12)CCO3. The van der Waals surface area contributed by atoms with Gasteiger partial charge in [-0.15, -0.1) is 0 Å². The molecule has 0 unspecified atom stereocenters. The summed E-state index contributed by atoms with van der Waals surface area (Å²) in [6.45, 7) is 0.900. The monoisotopic (exact) mass is 204 g/mol. The summed E-state index contributed by atoms with van der Waals surface area (Å²) in [4.78, 5) is 0. The van der Waals surface area contributed by atoms with E-state index in [1.807, 2.05) is 12.1 Å². The summed E-state index contributed by atoms with van der Waals surface area (Å²) in [5.41, 5.74) is 3.20. The topological polar surface area (TPSA) is 42.6 Å². The molecule has 0 radical (unpaired) electrons. The van der Waals surface area contributed by atoms with Gasteiger partial charge in [-0.2, -0.15) is 0 Å². The fourth-order valence-electron chi connectivity index (χ4n) is 2.20. The van der Waals surface area contributed by atoms with Gasteiger partial charge in [0.25, 0.3) is 0 Å². The number of aliphatic hydroxyl groups excluding tert-OH is 1. The molecule has 3 rings (SSSR count). The summed E-state index contributed by atoms with van der Waals surface area (Å²) in [5.74, 6) is 0.961. The fraction of sp³-hybridized carbons (Fsp3) is 0.333. The first-order valence-electron chi connectivity index (χ1n) is 5.16. The number of benzene rings is 1. The van der Waals surface area contributed by atoms with Crippen LogP contribution in [0.4, 0.5) is 0 Å². The predicted molar refractivity (Wildman–Crippen MR) is 56.2 cm³/mol. The molecule has 1 aliphatic heterocycles. The average molecular weight is 204 g/mol. The van der Waals surface area contributed by atoms with Gasteiger partial charge in [-0.05, 0) is 18.6 Å². The maximum atomic E-state index is 8.97. The van der Waals surface area contributed by atoms with Crippen LogP contribution in [0.1, 0.15) is 11.1 Å². The van der Waals surface area contributed by atoms with E-state index in [1.54, 1.807) is 6.26 Å². The Morgan fingerprint density at radius 2 is 2.27 bits per heavy atom. The molecule has 0 atom stereocenters. The van der Waals surface area contributed by atoms with Crippen molar-refractivity contribution in [3.8, 4) is 5.75 Å². The van der Waals surface area contributed by atoms with Gasteiger partial charge in [-0.3, -0.25) is 0 Å². The predicted octanol–water partition coefficient (Wildman–Crippen LogP) is 1.90. The lowest BCUT2D eigenvalue weighted by atomic mass is 10.0. The molecule has 1 aliphatic rings. The molecule has 0 spiro atoms. The highest BCUT2D eigenvalue weighted by Gasteiger charge is 2.19. The summed E-state index contributed by atoms with van der Waals surface area (Å²) in [6.07, 6.45) is 3.31. The highest BCUT2D eigenvalue weighted by molar-refractivity contribution is 5.87. The van der Waals surface area contributed by atoms with Crippen LogP contribution in [0.25, 0.3) is 11.0 Å². The Bertz CT molecular complexity index is 499. The zero-order valence-electron chi connectivity index (χ0n) is 8.32. The van der Waals surface area contributed by atoms with E-state index in [4.69, 9.17) is 14.3 Å². The van der Waals surface area contributed by atoms with Gasteiger partial charge in [-0.25, -0.2) is 0 Å². The summed E-state index contributed by atoms with van der Waals surface area (Å²) in [7, 11) is 0. The highest BCUT2D eigenvalue weighted by atomic mass is 16.5. The van der Waals surface area contributed by atoms with Crippen LogP contribution in [0.5, 0.6) is 5.75 Å². The van der Waals surface area contributed by atoms with Gasteiger partial charge in [0, 0.05) is 29.5 Å². The average Bonchev–Trinajstić information content (AvgIpc) is 2.83. The molecule has 2 aromatic rings. The van der Waals surface area contributed by atoms with Crippen LogP contribution in [0.3, 0.4) is 0 Å². The standard InChI is InChI=1S/C12H12O3/c13-5-3-8-7-15-11-2-1-10-9(12(8)11)4-6-14-10/h1-2,7,13H,3-6H2. The van der Waals surface area contributed by atoms with E-state index < -0.39 is 0 Å². The molecule has 1 aromatic heterocycles. The van der Waals surface area contributed by atoms with E-state index in [-0.39, 0.29) is 6.61 Å². The number of furan rings is 1. The lowest BCUT2D eigenvalue weighted by Crippen LogP contribution is -1.90. The van der Waals surface area contributed by atoms with E-state index in [2.05, 4.69) is 0 Å². The molecule has 0 fully saturated rings. The van der Waals surface area contributed by atoms with E-state index in [1.165, 1.54) is 5.56 Å². The maximum absolute atomic E-state index is 8.97. The minimum atomic E-state index is 0.152. The van der Waals surface area contributed by atoms with Crippen LogP contribution in [0, 0.1) is 0 Å². The molecule has 0 saturated heterocycles. The summed E-state index contributed by atoms with van der Waals surface area (Å²) in [6, 6.07) is 3.89. The highest BCUT2D eigenvalue weighted by Crippen LogP contribution is 2.35. The summed E-state index contributed by atoms with van der Waals surface area (Å²) in [5, 5.41) is 10.1. The number of hydrogen-bond acceptors (Lipinski definition) is 3. The minimum absolute atomic E-state index is 0.152. The van der Waals surface area contributed by atoms with E-state index in [0.29, 0.717) is 6.42 Å². The maximum Gasteiger partial charge on any atom is 0.134 e. The normalized spacial score (nSPS) is 14.2. The van der Waals surface area contributed by atoms with Gasteiger partial charge in [0.05, 0.1) is 12.9 Å². The van der Waals surface area contributed by atoms with Crippen LogP contribution >= 0.6 is 0 Å². The van der Waals surface area contributed by atoms with Crippen molar-refractivity contribution in [2.24, 2.45) is 0 Å². The Morgan fingerprint density at radius 1 is 1.33 bits per heavy atom. The van der Waals surface area contributed by atoms with Crippen LogP contribution in [-0.2, 0) is 12.8 Å². The van der Waals surface area contributed by atoms with E-state index in [0.717, 1.165) is 35.3 Å². The van der Waals surface area contributed by atoms with Gasteiger partial charge in [0.1, 0.15) is 11.3 Å². The molecular weight excluding hydrogens is 192 g/mol. The first kappa shape index (κ1) is 8.80. The van der Waals surface area contributed by atoms with Gasteiger partial charge >= 0.3 is 0 Å². The quantitative estimate of drug-likeness (QED) is 0.812. The molecule has 15 heavy (non-hydrogen) atoms. The van der Waals surface area contributed by atoms with Gasteiger partial charge in [-0.1, -0.05) is 0 Å². The minimum Gasteiger partial charge on any atom is -0.493 e. The zero-order chi connectivity index (χ0) is 10.3. The van der Waals surface area contributed by atoms with Crippen molar-refractivity contribution in [1.29, 1.82) is 0 Å². The van der Waals surface area contributed by atoms with Crippen molar-refractivity contribution in [1.82, 2.24) is 0 Å². The van der Waals surface area contributed by atoms with Crippen LogP contribution in [0.2, 0.25) is 0 Å². The van der Waals surface area contributed by atoms with E-state index in [9.17, 15) is 0 Å². The number of rotatable bonds is 2. The number of aliphatic hydroxyl groups is 1. The van der Waals surface area contributed by atoms with Crippen LogP contribution in [0.15, 0.2) is 22.8 Å². The third-order valence-corrected chi connectivity index (χ3v) is 2.87. The number of ether oxygens (including phenoxy) is 1. The first-order chi connectivity index (χ1) is 7.40. The molecule has 1 N–H and O–H groups in total.